The summed E-state index contributed by atoms with van der Waals surface area (Å²) in [5.74, 6) is -0.0532. The monoisotopic (exact) mass is 171 g/mol. The zero-order chi connectivity index (χ0) is 9.19. The van der Waals surface area contributed by atoms with Gasteiger partial charge >= 0.3 is 5.97 Å². The van der Waals surface area contributed by atoms with Gasteiger partial charge in [-0.15, -0.1) is 0 Å². The van der Waals surface area contributed by atoms with E-state index in [-0.39, 0.29) is 6.42 Å². The molecule has 0 saturated heterocycles. The van der Waals surface area contributed by atoms with Crippen molar-refractivity contribution in [1.82, 2.24) is 0 Å². The Morgan fingerprint density at radius 3 is 2.50 bits per heavy atom. The molecule has 70 valence electrons. The molecule has 1 rings (SSSR count). The standard InChI is InChI=1S/C9H17NO2/c1-7-2-4-9(10,5-3-7)6-8(11)12/h7H,2-6,10H2,1H3,(H,11,12). The Hall–Kier alpha value is -0.570. The topological polar surface area (TPSA) is 63.3 Å². The first-order chi connectivity index (χ1) is 5.52. The quantitative estimate of drug-likeness (QED) is 0.659. The van der Waals surface area contributed by atoms with Crippen molar-refractivity contribution in [3.8, 4) is 0 Å². The van der Waals surface area contributed by atoms with Gasteiger partial charge in [0.2, 0.25) is 0 Å². The van der Waals surface area contributed by atoms with Crippen LogP contribution >= 0.6 is 0 Å². The molecule has 1 aliphatic carbocycles. The van der Waals surface area contributed by atoms with Crippen LogP contribution in [0.15, 0.2) is 0 Å². The molecule has 3 N–H and O–H groups in total. The van der Waals surface area contributed by atoms with E-state index in [9.17, 15) is 4.79 Å². The molecule has 0 bridgehead atoms. The van der Waals surface area contributed by atoms with Crippen molar-refractivity contribution in [1.29, 1.82) is 0 Å². The van der Waals surface area contributed by atoms with Crippen LogP contribution in [0.5, 0.6) is 0 Å². The molecule has 0 aromatic heterocycles. The van der Waals surface area contributed by atoms with Gasteiger partial charge < -0.3 is 10.8 Å². The van der Waals surface area contributed by atoms with Crippen molar-refractivity contribution in [3.63, 3.8) is 0 Å². The Kier molecular flexibility index (Phi) is 2.73. The minimum atomic E-state index is -0.771. The number of rotatable bonds is 2. The van der Waals surface area contributed by atoms with E-state index in [2.05, 4.69) is 6.92 Å². The van der Waals surface area contributed by atoms with E-state index in [0.717, 1.165) is 31.6 Å². The molecule has 3 nitrogen and oxygen atoms in total. The number of carboxylic acids is 1. The molecule has 0 unspecified atom stereocenters. The molecule has 0 radical (unpaired) electrons. The van der Waals surface area contributed by atoms with Gasteiger partial charge in [-0.05, 0) is 31.6 Å². The van der Waals surface area contributed by atoms with Crippen LogP contribution in [0, 0.1) is 5.92 Å². The van der Waals surface area contributed by atoms with E-state index in [1.165, 1.54) is 0 Å². The Morgan fingerprint density at radius 1 is 1.58 bits per heavy atom. The van der Waals surface area contributed by atoms with Gasteiger partial charge in [0, 0.05) is 5.54 Å². The van der Waals surface area contributed by atoms with E-state index in [4.69, 9.17) is 10.8 Å². The molecule has 0 aromatic carbocycles. The molecule has 0 heterocycles. The third kappa shape index (κ3) is 2.48. The first-order valence-electron chi connectivity index (χ1n) is 4.52. The summed E-state index contributed by atoms with van der Waals surface area (Å²) in [4.78, 5) is 10.5. The fraction of sp³-hybridized carbons (Fsp3) is 0.889. The average molecular weight is 171 g/mol. The van der Waals surface area contributed by atoms with E-state index < -0.39 is 11.5 Å². The van der Waals surface area contributed by atoms with Crippen molar-refractivity contribution >= 4 is 5.97 Å². The maximum atomic E-state index is 10.5. The highest BCUT2D eigenvalue weighted by molar-refractivity contribution is 5.68. The van der Waals surface area contributed by atoms with Crippen LogP contribution in [0.25, 0.3) is 0 Å². The molecular weight excluding hydrogens is 154 g/mol. The van der Waals surface area contributed by atoms with Crippen LogP contribution in [0.4, 0.5) is 0 Å². The second-order valence-electron chi connectivity index (χ2n) is 4.12. The molecule has 0 aromatic rings. The maximum Gasteiger partial charge on any atom is 0.305 e. The molecule has 0 aliphatic heterocycles. The highest BCUT2D eigenvalue weighted by Crippen LogP contribution is 2.31. The zero-order valence-electron chi connectivity index (χ0n) is 7.55. The largest absolute Gasteiger partial charge is 0.481 e. The fourth-order valence-electron chi connectivity index (χ4n) is 1.82. The van der Waals surface area contributed by atoms with E-state index in [1.54, 1.807) is 0 Å². The third-order valence-corrected chi connectivity index (χ3v) is 2.77. The van der Waals surface area contributed by atoms with Gasteiger partial charge in [-0.3, -0.25) is 4.79 Å². The number of hydrogen-bond donors (Lipinski definition) is 2. The van der Waals surface area contributed by atoms with Gasteiger partial charge in [0.15, 0.2) is 0 Å². The van der Waals surface area contributed by atoms with Gasteiger partial charge in [0.25, 0.3) is 0 Å². The van der Waals surface area contributed by atoms with Crippen molar-refractivity contribution in [3.05, 3.63) is 0 Å². The highest BCUT2D eigenvalue weighted by Gasteiger charge is 2.32. The van der Waals surface area contributed by atoms with Crippen molar-refractivity contribution in [2.24, 2.45) is 11.7 Å². The SMILES string of the molecule is CC1CCC(N)(CC(=O)O)CC1. The first-order valence-corrected chi connectivity index (χ1v) is 4.52. The van der Waals surface area contributed by atoms with Gasteiger partial charge in [-0.1, -0.05) is 6.92 Å². The summed E-state index contributed by atoms with van der Waals surface area (Å²) in [5.41, 5.74) is 5.52. The lowest BCUT2D eigenvalue weighted by Crippen LogP contribution is -2.44. The Labute approximate surface area is 72.9 Å². The van der Waals surface area contributed by atoms with E-state index in [1.807, 2.05) is 0 Å². The molecule has 3 heteroatoms. The van der Waals surface area contributed by atoms with Crippen molar-refractivity contribution in [2.75, 3.05) is 0 Å². The third-order valence-electron chi connectivity index (χ3n) is 2.77. The van der Waals surface area contributed by atoms with Gasteiger partial charge in [0.05, 0.1) is 6.42 Å². The summed E-state index contributed by atoms with van der Waals surface area (Å²) in [7, 11) is 0. The molecule has 1 saturated carbocycles. The van der Waals surface area contributed by atoms with E-state index >= 15 is 0 Å². The van der Waals surface area contributed by atoms with Crippen LogP contribution in [-0.2, 0) is 4.79 Å². The van der Waals surface area contributed by atoms with Crippen LogP contribution in [-0.4, -0.2) is 16.6 Å². The first kappa shape index (κ1) is 9.52. The number of nitrogens with two attached hydrogens (primary N) is 1. The number of carbonyl (C=O) groups is 1. The highest BCUT2D eigenvalue weighted by atomic mass is 16.4. The van der Waals surface area contributed by atoms with Gasteiger partial charge in [0.1, 0.15) is 0 Å². The Balaban J connectivity index is 2.44. The summed E-state index contributed by atoms with van der Waals surface area (Å²) in [6.45, 7) is 2.19. The summed E-state index contributed by atoms with van der Waals surface area (Å²) in [6.07, 6.45) is 3.99. The van der Waals surface area contributed by atoms with Gasteiger partial charge in [-0.25, -0.2) is 0 Å². The molecular formula is C9H17NO2. The predicted molar refractivity (Wildman–Crippen MR) is 46.8 cm³/mol. The molecule has 1 fully saturated rings. The average Bonchev–Trinajstić information content (AvgIpc) is 1.94. The van der Waals surface area contributed by atoms with Crippen LogP contribution in [0.2, 0.25) is 0 Å². The predicted octanol–water partition coefficient (Wildman–Crippen LogP) is 1.37. The Morgan fingerprint density at radius 2 is 2.08 bits per heavy atom. The molecule has 0 spiro atoms. The second-order valence-corrected chi connectivity index (χ2v) is 4.12. The minimum absolute atomic E-state index is 0.125. The lowest BCUT2D eigenvalue weighted by atomic mass is 9.76. The number of hydrogen-bond acceptors (Lipinski definition) is 2. The summed E-state index contributed by atoms with van der Waals surface area (Å²) in [5, 5.41) is 8.62. The lowest BCUT2D eigenvalue weighted by Gasteiger charge is -2.34. The van der Waals surface area contributed by atoms with Crippen LogP contribution in [0.3, 0.4) is 0 Å². The molecule has 12 heavy (non-hydrogen) atoms. The second kappa shape index (κ2) is 3.44. The minimum Gasteiger partial charge on any atom is -0.481 e. The maximum absolute atomic E-state index is 10.5. The lowest BCUT2D eigenvalue weighted by molar-refractivity contribution is -0.138. The van der Waals surface area contributed by atoms with Crippen molar-refractivity contribution < 1.29 is 9.90 Å². The zero-order valence-corrected chi connectivity index (χ0v) is 7.55. The smallest absolute Gasteiger partial charge is 0.305 e. The van der Waals surface area contributed by atoms with E-state index in [0.29, 0.717) is 0 Å². The van der Waals surface area contributed by atoms with Crippen molar-refractivity contribution in [2.45, 2.75) is 44.6 Å². The Bertz CT molecular complexity index is 171. The fourth-order valence-corrected chi connectivity index (χ4v) is 1.82. The molecule has 0 amide bonds. The summed E-state index contributed by atoms with van der Waals surface area (Å²) >= 11 is 0. The van der Waals surface area contributed by atoms with Gasteiger partial charge in [-0.2, -0.15) is 0 Å². The summed E-state index contributed by atoms with van der Waals surface area (Å²) < 4.78 is 0. The van der Waals surface area contributed by atoms with Crippen LogP contribution in [0.1, 0.15) is 39.0 Å². The molecule has 1 aliphatic rings. The normalized spacial score (nSPS) is 36.3. The summed E-state index contributed by atoms with van der Waals surface area (Å²) in [6, 6.07) is 0. The molecule has 0 atom stereocenters. The number of aliphatic carboxylic acids is 1. The van der Waals surface area contributed by atoms with Crippen LogP contribution < -0.4 is 5.73 Å². The number of carboxylic acid groups (broad SMARTS) is 1.